The second-order valence-electron chi connectivity index (χ2n) is 6.27. The molecule has 0 unspecified atom stereocenters. The van der Waals surface area contributed by atoms with Crippen LogP contribution in [0.3, 0.4) is 0 Å². The topological polar surface area (TPSA) is 15.3 Å². The van der Waals surface area contributed by atoms with Crippen molar-refractivity contribution in [2.75, 3.05) is 19.6 Å². The molecule has 0 heterocycles. The Morgan fingerprint density at radius 2 is 1.80 bits per heavy atom. The normalized spacial score (nSPS) is 23.1. The number of hydrogen-bond donors (Lipinski definition) is 1. The molecule has 0 aliphatic heterocycles. The van der Waals surface area contributed by atoms with Gasteiger partial charge in [-0.2, -0.15) is 0 Å². The Morgan fingerprint density at radius 1 is 1.10 bits per heavy atom. The monoisotopic (exact) mass is 274 g/mol. The fraction of sp³-hybridized carbons (Fsp3) is 0.667. The smallest absolute Gasteiger partial charge is 0.0234 e. The highest BCUT2D eigenvalue weighted by Crippen LogP contribution is 2.23. The van der Waals surface area contributed by atoms with Crippen LogP contribution in [0, 0.1) is 5.92 Å². The van der Waals surface area contributed by atoms with E-state index in [2.05, 4.69) is 54.4 Å². The molecule has 1 N–H and O–H groups in total. The van der Waals surface area contributed by atoms with Crippen molar-refractivity contribution in [3.63, 3.8) is 0 Å². The first-order chi connectivity index (χ1) is 9.78. The van der Waals surface area contributed by atoms with Crippen molar-refractivity contribution >= 4 is 0 Å². The largest absolute Gasteiger partial charge is 0.313 e. The Kier molecular flexibility index (Phi) is 6.55. The molecule has 1 aliphatic carbocycles. The van der Waals surface area contributed by atoms with Gasteiger partial charge in [0, 0.05) is 25.7 Å². The first-order valence-electron chi connectivity index (χ1n) is 8.27. The first-order valence-corrected chi connectivity index (χ1v) is 8.27. The average Bonchev–Trinajstić information content (AvgIpc) is 2.49. The zero-order valence-corrected chi connectivity index (χ0v) is 13.1. The molecule has 0 radical (unpaired) electrons. The summed E-state index contributed by atoms with van der Waals surface area (Å²) in [5.41, 5.74) is 1.42. The minimum Gasteiger partial charge on any atom is -0.313 e. The molecule has 0 spiro atoms. The minimum atomic E-state index is 0.765. The van der Waals surface area contributed by atoms with Gasteiger partial charge in [-0.15, -0.1) is 0 Å². The molecular weight excluding hydrogens is 244 g/mol. The van der Waals surface area contributed by atoms with Gasteiger partial charge in [0.25, 0.3) is 0 Å². The second-order valence-corrected chi connectivity index (χ2v) is 6.27. The van der Waals surface area contributed by atoms with Crippen LogP contribution >= 0.6 is 0 Å². The molecule has 1 fully saturated rings. The van der Waals surface area contributed by atoms with E-state index in [4.69, 9.17) is 0 Å². The van der Waals surface area contributed by atoms with Gasteiger partial charge in [-0.1, -0.05) is 44.2 Å². The summed E-state index contributed by atoms with van der Waals surface area (Å²) >= 11 is 0. The van der Waals surface area contributed by atoms with E-state index in [-0.39, 0.29) is 0 Å². The maximum Gasteiger partial charge on any atom is 0.0234 e. The van der Waals surface area contributed by atoms with Crippen LogP contribution in [0.2, 0.25) is 0 Å². The van der Waals surface area contributed by atoms with Crippen molar-refractivity contribution in [1.82, 2.24) is 10.2 Å². The number of hydrogen-bond acceptors (Lipinski definition) is 2. The highest BCUT2D eigenvalue weighted by molar-refractivity contribution is 5.14. The molecule has 0 amide bonds. The van der Waals surface area contributed by atoms with Crippen molar-refractivity contribution in [3.8, 4) is 0 Å². The molecule has 1 aromatic carbocycles. The molecule has 1 aromatic rings. The number of nitrogens with zero attached hydrogens (tertiary/aromatic N) is 1. The summed E-state index contributed by atoms with van der Waals surface area (Å²) in [4.78, 5) is 2.52. The van der Waals surface area contributed by atoms with Gasteiger partial charge in [0.05, 0.1) is 0 Å². The van der Waals surface area contributed by atoms with Crippen molar-refractivity contribution < 1.29 is 0 Å². The van der Waals surface area contributed by atoms with Crippen LogP contribution in [0.15, 0.2) is 30.3 Å². The molecule has 0 bridgehead atoms. The van der Waals surface area contributed by atoms with Gasteiger partial charge in [0.1, 0.15) is 0 Å². The van der Waals surface area contributed by atoms with E-state index in [1.165, 1.54) is 31.2 Å². The lowest BCUT2D eigenvalue weighted by Crippen LogP contribution is -2.38. The maximum atomic E-state index is 3.75. The van der Waals surface area contributed by atoms with Crippen LogP contribution in [-0.4, -0.2) is 30.6 Å². The third-order valence-corrected chi connectivity index (χ3v) is 4.57. The molecule has 2 nitrogen and oxygen atoms in total. The zero-order valence-electron chi connectivity index (χ0n) is 13.1. The fourth-order valence-corrected chi connectivity index (χ4v) is 3.08. The SMILES string of the molecule is CCN(CCNC1CCC(C)CC1)Cc1ccccc1. The van der Waals surface area contributed by atoms with E-state index in [9.17, 15) is 0 Å². The van der Waals surface area contributed by atoms with Gasteiger partial charge in [-0.25, -0.2) is 0 Å². The van der Waals surface area contributed by atoms with E-state index >= 15 is 0 Å². The van der Waals surface area contributed by atoms with E-state index in [1.54, 1.807) is 0 Å². The Labute approximate surface area is 124 Å². The van der Waals surface area contributed by atoms with Crippen LogP contribution in [0.4, 0.5) is 0 Å². The summed E-state index contributed by atoms with van der Waals surface area (Å²) in [5.74, 6) is 0.943. The number of nitrogens with one attached hydrogen (secondary N) is 1. The van der Waals surface area contributed by atoms with Gasteiger partial charge in [-0.05, 0) is 43.7 Å². The standard InChI is InChI=1S/C18H30N2/c1-3-20(15-17-7-5-4-6-8-17)14-13-19-18-11-9-16(2)10-12-18/h4-8,16,18-19H,3,9-15H2,1-2H3. The Bertz CT molecular complexity index is 355. The molecular formula is C18H30N2. The van der Waals surface area contributed by atoms with Crippen LogP contribution < -0.4 is 5.32 Å². The zero-order chi connectivity index (χ0) is 14.2. The molecule has 0 saturated heterocycles. The molecule has 0 aromatic heterocycles. The van der Waals surface area contributed by atoms with Gasteiger partial charge in [-0.3, -0.25) is 4.90 Å². The lowest BCUT2D eigenvalue weighted by Gasteiger charge is -2.28. The van der Waals surface area contributed by atoms with Crippen LogP contribution in [-0.2, 0) is 6.54 Å². The predicted octanol–water partition coefficient (Wildman–Crippen LogP) is 3.68. The minimum absolute atomic E-state index is 0.765. The van der Waals surface area contributed by atoms with E-state index in [1.807, 2.05) is 0 Å². The van der Waals surface area contributed by atoms with E-state index in [0.717, 1.165) is 38.1 Å². The number of rotatable bonds is 7. The summed E-state index contributed by atoms with van der Waals surface area (Å²) in [6.45, 7) is 9.11. The highest BCUT2D eigenvalue weighted by Gasteiger charge is 2.17. The second kappa shape index (κ2) is 8.43. The van der Waals surface area contributed by atoms with Crippen molar-refractivity contribution in [2.45, 2.75) is 52.1 Å². The summed E-state index contributed by atoms with van der Waals surface area (Å²) in [6.07, 6.45) is 5.54. The van der Waals surface area contributed by atoms with Crippen molar-refractivity contribution in [1.29, 1.82) is 0 Å². The molecule has 2 heteroatoms. The average molecular weight is 274 g/mol. The number of benzene rings is 1. The van der Waals surface area contributed by atoms with Gasteiger partial charge >= 0.3 is 0 Å². The van der Waals surface area contributed by atoms with Crippen molar-refractivity contribution in [3.05, 3.63) is 35.9 Å². The Balaban J connectivity index is 1.66. The van der Waals surface area contributed by atoms with Crippen molar-refractivity contribution in [2.24, 2.45) is 5.92 Å². The quantitative estimate of drug-likeness (QED) is 0.816. The van der Waals surface area contributed by atoms with Gasteiger partial charge in [0.2, 0.25) is 0 Å². The van der Waals surface area contributed by atoms with Gasteiger partial charge < -0.3 is 5.32 Å². The van der Waals surface area contributed by atoms with Crippen LogP contribution in [0.5, 0.6) is 0 Å². The van der Waals surface area contributed by atoms with E-state index in [0.29, 0.717) is 0 Å². The molecule has 0 atom stereocenters. The van der Waals surface area contributed by atoms with E-state index < -0.39 is 0 Å². The van der Waals surface area contributed by atoms with Crippen LogP contribution in [0.25, 0.3) is 0 Å². The first kappa shape index (κ1) is 15.5. The summed E-state index contributed by atoms with van der Waals surface area (Å²) < 4.78 is 0. The summed E-state index contributed by atoms with van der Waals surface area (Å²) in [6, 6.07) is 11.6. The Morgan fingerprint density at radius 3 is 2.45 bits per heavy atom. The molecule has 2 rings (SSSR count). The third kappa shape index (κ3) is 5.26. The predicted molar refractivity (Wildman–Crippen MR) is 86.8 cm³/mol. The Hall–Kier alpha value is -0.860. The lowest BCUT2D eigenvalue weighted by atomic mass is 9.87. The van der Waals surface area contributed by atoms with Gasteiger partial charge in [0.15, 0.2) is 0 Å². The maximum absolute atomic E-state index is 3.75. The molecule has 1 saturated carbocycles. The molecule has 112 valence electrons. The number of likely N-dealkylation sites (N-methyl/N-ethyl adjacent to an activating group) is 1. The lowest BCUT2D eigenvalue weighted by molar-refractivity contribution is 0.256. The molecule has 1 aliphatic rings. The summed E-state index contributed by atoms with van der Waals surface area (Å²) in [7, 11) is 0. The van der Waals surface area contributed by atoms with Crippen LogP contribution in [0.1, 0.15) is 45.1 Å². The fourth-order valence-electron chi connectivity index (χ4n) is 3.08. The third-order valence-electron chi connectivity index (χ3n) is 4.57. The summed E-state index contributed by atoms with van der Waals surface area (Å²) in [5, 5.41) is 3.75. The highest BCUT2D eigenvalue weighted by atomic mass is 15.1. The molecule has 20 heavy (non-hydrogen) atoms.